The number of nitrogens with one attached hydrogen (secondary N) is 1. The molecule has 1 saturated heterocycles. The second kappa shape index (κ2) is 11.5. The molecule has 10 nitrogen and oxygen atoms in total. The highest BCUT2D eigenvalue weighted by atomic mass is 32.3. The third-order valence-corrected chi connectivity index (χ3v) is 5.87. The van der Waals surface area contributed by atoms with Gasteiger partial charge in [-0.25, -0.2) is 4.68 Å². The highest BCUT2D eigenvalue weighted by Gasteiger charge is 2.22. The lowest BCUT2D eigenvalue weighted by atomic mass is 10.3. The van der Waals surface area contributed by atoms with Crippen molar-refractivity contribution in [3.05, 3.63) is 24.0 Å². The van der Waals surface area contributed by atoms with Crippen LogP contribution in [0.1, 0.15) is 12.6 Å². The highest BCUT2D eigenvalue weighted by Crippen LogP contribution is 2.40. The van der Waals surface area contributed by atoms with E-state index >= 15 is 0 Å². The third-order valence-electron chi connectivity index (χ3n) is 4.20. The van der Waals surface area contributed by atoms with Gasteiger partial charge in [0.2, 0.25) is 5.91 Å². The number of rotatable bonds is 12. The van der Waals surface area contributed by atoms with Crippen LogP contribution in [0.3, 0.4) is 0 Å². The van der Waals surface area contributed by atoms with Crippen molar-refractivity contribution in [1.82, 2.24) is 25.2 Å². The molecule has 1 fully saturated rings. The maximum Gasteiger partial charge on any atom is 0.246 e. The summed E-state index contributed by atoms with van der Waals surface area (Å²) in [5.41, 5.74) is 1.34. The smallest absolute Gasteiger partial charge is 0.246 e. The van der Waals surface area contributed by atoms with Crippen molar-refractivity contribution in [2.24, 2.45) is 0 Å². The molecule has 0 spiro atoms. The first-order valence-electron chi connectivity index (χ1n) is 9.30. The topological polar surface area (TPSA) is 122 Å². The maximum atomic E-state index is 11.3. The molecule has 0 atom stereocenters. The first kappa shape index (κ1) is 22.8. The molecule has 0 unspecified atom stereocenters. The number of hydrogen-bond acceptors (Lipinski definition) is 8. The van der Waals surface area contributed by atoms with Crippen LogP contribution in [0.4, 0.5) is 0 Å². The average Bonchev–Trinajstić information content (AvgIpc) is 3.09. The van der Waals surface area contributed by atoms with E-state index in [4.69, 9.17) is 9.47 Å². The van der Waals surface area contributed by atoms with E-state index in [1.54, 1.807) is 11.6 Å². The quantitative estimate of drug-likeness (QED) is 0.333. The van der Waals surface area contributed by atoms with Crippen LogP contribution < -0.4 is 5.32 Å². The fourth-order valence-electron chi connectivity index (χ4n) is 2.54. The molecule has 0 radical (unpaired) electrons. The van der Waals surface area contributed by atoms with Crippen LogP contribution in [0.15, 0.2) is 18.3 Å². The van der Waals surface area contributed by atoms with Crippen molar-refractivity contribution in [2.75, 3.05) is 57.6 Å². The molecule has 160 valence electrons. The molecule has 0 aromatic carbocycles. The molecule has 1 aromatic rings. The standard InChI is InChI=1S/C17H31N5O5S/c1-15(2)17(23)18-3-7-26-9-10-27-8-4-22-14-16(19-20-22)13-21-5-11-28(24,25)12-6-21/h14,24-25H,1,3-13H2,2H3,(H,18,23). The van der Waals surface area contributed by atoms with Gasteiger partial charge in [0.05, 0.1) is 50.2 Å². The van der Waals surface area contributed by atoms with E-state index in [9.17, 15) is 13.9 Å². The lowest BCUT2D eigenvalue weighted by Crippen LogP contribution is -2.37. The van der Waals surface area contributed by atoms with Gasteiger partial charge in [-0.15, -0.1) is 5.10 Å². The van der Waals surface area contributed by atoms with E-state index in [-0.39, 0.29) is 5.91 Å². The van der Waals surface area contributed by atoms with Gasteiger partial charge >= 0.3 is 0 Å². The lowest BCUT2D eigenvalue weighted by Gasteiger charge is -2.40. The van der Waals surface area contributed by atoms with Crippen LogP contribution in [0.5, 0.6) is 0 Å². The molecule has 2 rings (SSSR count). The Morgan fingerprint density at radius 3 is 2.61 bits per heavy atom. The molecule has 1 aromatic heterocycles. The summed E-state index contributed by atoms with van der Waals surface area (Å²) in [4.78, 5) is 13.4. The maximum absolute atomic E-state index is 11.3. The Labute approximate surface area is 167 Å². The SMILES string of the molecule is C=C(C)C(=O)NCCOCCOCCn1cc(CN2CCS(O)(O)CC2)nn1. The number of amides is 1. The van der Waals surface area contributed by atoms with Gasteiger partial charge in [0.25, 0.3) is 0 Å². The summed E-state index contributed by atoms with van der Waals surface area (Å²) in [5.74, 6) is 0.692. The molecular formula is C17H31N5O5S. The van der Waals surface area contributed by atoms with Gasteiger partial charge in [0.1, 0.15) is 0 Å². The Hall–Kier alpha value is -1.50. The largest absolute Gasteiger partial charge is 0.377 e. The number of ether oxygens (including phenoxy) is 2. The minimum absolute atomic E-state index is 0.164. The molecule has 2 heterocycles. The number of nitrogens with zero attached hydrogens (tertiary/aromatic N) is 4. The average molecular weight is 418 g/mol. The van der Waals surface area contributed by atoms with Crippen molar-refractivity contribution >= 4 is 16.5 Å². The fraction of sp³-hybridized carbons (Fsp3) is 0.706. The van der Waals surface area contributed by atoms with Gasteiger partial charge in [-0.1, -0.05) is 11.8 Å². The molecule has 0 saturated carbocycles. The van der Waals surface area contributed by atoms with E-state index < -0.39 is 10.6 Å². The monoisotopic (exact) mass is 417 g/mol. The summed E-state index contributed by atoms with van der Waals surface area (Å²) in [7, 11) is -2.37. The molecule has 1 aliphatic rings. The fourth-order valence-corrected chi connectivity index (χ4v) is 3.84. The first-order valence-corrected chi connectivity index (χ1v) is 11.2. The Kier molecular flexibility index (Phi) is 9.35. The molecule has 1 amide bonds. The molecule has 28 heavy (non-hydrogen) atoms. The predicted molar refractivity (Wildman–Crippen MR) is 107 cm³/mol. The van der Waals surface area contributed by atoms with E-state index in [0.717, 1.165) is 5.69 Å². The second-order valence-corrected chi connectivity index (χ2v) is 9.14. The number of hydrogen-bond donors (Lipinski definition) is 3. The van der Waals surface area contributed by atoms with E-state index in [0.29, 0.717) is 76.2 Å². The zero-order valence-corrected chi connectivity index (χ0v) is 17.2. The summed E-state index contributed by atoms with van der Waals surface area (Å²) in [6, 6.07) is 0. The summed E-state index contributed by atoms with van der Waals surface area (Å²) in [5, 5.41) is 10.9. The third kappa shape index (κ3) is 8.67. The van der Waals surface area contributed by atoms with Gasteiger partial charge in [0.15, 0.2) is 0 Å². The molecular weight excluding hydrogens is 386 g/mol. The molecule has 3 N–H and O–H groups in total. The molecule has 11 heteroatoms. The summed E-state index contributed by atoms with van der Waals surface area (Å²) >= 11 is 0. The van der Waals surface area contributed by atoms with Gasteiger partial charge < -0.3 is 14.8 Å². The Morgan fingerprint density at radius 2 is 1.93 bits per heavy atom. The zero-order valence-electron chi connectivity index (χ0n) is 16.4. The van der Waals surface area contributed by atoms with Crippen LogP contribution in [0, 0.1) is 0 Å². The van der Waals surface area contributed by atoms with Gasteiger partial charge in [0, 0.05) is 37.9 Å². The molecule has 0 aliphatic carbocycles. The Morgan fingerprint density at radius 1 is 1.25 bits per heavy atom. The van der Waals surface area contributed by atoms with Gasteiger partial charge in [-0.3, -0.25) is 18.8 Å². The van der Waals surface area contributed by atoms with Crippen molar-refractivity contribution in [2.45, 2.75) is 20.0 Å². The zero-order chi connectivity index (χ0) is 20.4. The van der Waals surface area contributed by atoms with Gasteiger partial charge in [-0.05, 0) is 6.92 Å². The van der Waals surface area contributed by atoms with E-state index in [1.807, 2.05) is 6.20 Å². The van der Waals surface area contributed by atoms with Crippen molar-refractivity contribution < 1.29 is 23.4 Å². The summed E-state index contributed by atoms with van der Waals surface area (Å²) < 4.78 is 31.9. The van der Waals surface area contributed by atoms with Crippen LogP contribution in [-0.2, 0) is 27.4 Å². The van der Waals surface area contributed by atoms with Gasteiger partial charge in [-0.2, -0.15) is 10.6 Å². The first-order chi connectivity index (χ1) is 13.4. The minimum Gasteiger partial charge on any atom is -0.377 e. The number of carbonyl (C=O) groups is 1. The predicted octanol–water partition coefficient (Wildman–Crippen LogP) is 0.570. The van der Waals surface area contributed by atoms with Crippen LogP contribution in [0.25, 0.3) is 0 Å². The minimum atomic E-state index is -2.37. The summed E-state index contributed by atoms with van der Waals surface area (Å²) in [6.07, 6.45) is 1.89. The summed E-state index contributed by atoms with van der Waals surface area (Å²) in [6.45, 7) is 10.1. The lowest BCUT2D eigenvalue weighted by molar-refractivity contribution is -0.117. The van der Waals surface area contributed by atoms with Crippen molar-refractivity contribution in [1.29, 1.82) is 0 Å². The molecule has 1 aliphatic heterocycles. The van der Waals surface area contributed by atoms with E-state index in [2.05, 4.69) is 27.1 Å². The van der Waals surface area contributed by atoms with Crippen LogP contribution >= 0.6 is 10.6 Å². The van der Waals surface area contributed by atoms with Crippen molar-refractivity contribution in [3.63, 3.8) is 0 Å². The Bertz CT molecular complexity index is 629. The normalized spacial score (nSPS) is 18.0. The number of carbonyl (C=O) groups excluding carboxylic acids is 1. The molecule has 0 bridgehead atoms. The Balaban J connectivity index is 1.49. The second-order valence-electron chi connectivity index (χ2n) is 6.72. The van der Waals surface area contributed by atoms with Crippen LogP contribution in [-0.4, -0.2) is 92.5 Å². The van der Waals surface area contributed by atoms with E-state index in [1.165, 1.54) is 0 Å². The van der Waals surface area contributed by atoms with Crippen LogP contribution in [0.2, 0.25) is 0 Å². The van der Waals surface area contributed by atoms with Crippen molar-refractivity contribution in [3.8, 4) is 0 Å². The number of aromatic nitrogens is 3. The highest BCUT2D eigenvalue weighted by molar-refractivity contribution is 8.24.